The maximum absolute atomic E-state index is 10.2. The van der Waals surface area contributed by atoms with Crippen molar-refractivity contribution >= 4 is 17.4 Å². The summed E-state index contributed by atoms with van der Waals surface area (Å²) in [6.07, 6.45) is -0.664. The number of carbonyl (C=O) groups is 1. The number of hydrogen-bond acceptors (Lipinski definition) is 5. The molecule has 0 radical (unpaired) electrons. The van der Waals surface area contributed by atoms with Gasteiger partial charge in [0.1, 0.15) is 0 Å². The van der Waals surface area contributed by atoms with Crippen LogP contribution in [0, 0.1) is 0 Å². The van der Waals surface area contributed by atoms with Crippen molar-refractivity contribution in [2.75, 3.05) is 6.54 Å². The van der Waals surface area contributed by atoms with Crippen molar-refractivity contribution < 1.29 is 14.4 Å². The van der Waals surface area contributed by atoms with Crippen LogP contribution in [0.5, 0.6) is 0 Å². The molecule has 0 aliphatic carbocycles. The largest absolute Gasteiger partial charge is 0.465 e. The first-order valence-corrected chi connectivity index (χ1v) is 5.47. The highest BCUT2D eigenvalue weighted by Gasteiger charge is 2.09. The smallest absolute Gasteiger partial charge is 0.404 e. The Morgan fingerprint density at radius 3 is 3.19 bits per heavy atom. The lowest BCUT2D eigenvalue weighted by atomic mass is 10.4. The molecule has 2 N–H and O–H groups in total. The van der Waals surface area contributed by atoms with Crippen LogP contribution in [0.4, 0.5) is 4.79 Å². The lowest BCUT2D eigenvalue weighted by Gasteiger charge is -1.94. The molecule has 2 aromatic heterocycles. The van der Waals surface area contributed by atoms with Crippen LogP contribution in [0.3, 0.4) is 0 Å². The van der Waals surface area contributed by atoms with Crippen LogP contribution in [0.2, 0.25) is 0 Å². The fraction of sp³-hybridized carbons (Fsp3) is 0.222. The Morgan fingerprint density at radius 1 is 1.62 bits per heavy atom. The van der Waals surface area contributed by atoms with E-state index in [-0.39, 0.29) is 6.54 Å². The molecular weight excluding hydrogens is 230 g/mol. The van der Waals surface area contributed by atoms with E-state index in [9.17, 15) is 4.79 Å². The summed E-state index contributed by atoms with van der Waals surface area (Å²) in [5.74, 6) is 0.970. The SMILES string of the molecule is O=C(O)NCCc1nc(-c2cccs2)no1. The van der Waals surface area contributed by atoms with Gasteiger partial charge >= 0.3 is 6.09 Å². The molecule has 0 aliphatic rings. The monoisotopic (exact) mass is 239 g/mol. The molecule has 0 saturated heterocycles. The highest BCUT2D eigenvalue weighted by molar-refractivity contribution is 7.13. The minimum atomic E-state index is -1.06. The van der Waals surface area contributed by atoms with Crippen LogP contribution in [0.25, 0.3) is 10.7 Å². The van der Waals surface area contributed by atoms with E-state index < -0.39 is 6.09 Å². The first kappa shape index (κ1) is 10.6. The van der Waals surface area contributed by atoms with Crippen LogP contribution in [-0.4, -0.2) is 27.9 Å². The normalized spacial score (nSPS) is 10.2. The second-order valence-electron chi connectivity index (χ2n) is 2.97. The molecule has 16 heavy (non-hydrogen) atoms. The summed E-state index contributed by atoms with van der Waals surface area (Å²) < 4.78 is 4.98. The number of nitrogens with one attached hydrogen (secondary N) is 1. The van der Waals surface area contributed by atoms with E-state index in [0.717, 1.165) is 4.88 Å². The highest BCUT2D eigenvalue weighted by Crippen LogP contribution is 2.21. The number of carboxylic acid groups (broad SMARTS) is 1. The highest BCUT2D eigenvalue weighted by atomic mass is 32.1. The fourth-order valence-electron chi connectivity index (χ4n) is 1.14. The van der Waals surface area contributed by atoms with Crippen molar-refractivity contribution in [2.45, 2.75) is 6.42 Å². The van der Waals surface area contributed by atoms with Gasteiger partial charge in [-0.3, -0.25) is 0 Å². The Morgan fingerprint density at radius 2 is 2.50 bits per heavy atom. The van der Waals surface area contributed by atoms with Gasteiger partial charge in [0.15, 0.2) is 0 Å². The third-order valence-corrected chi connectivity index (χ3v) is 2.69. The van der Waals surface area contributed by atoms with Crippen LogP contribution < -0.4 is 5.32 Å². The molecule has 0 spiro atoms. The van der Waals surface area contributed by atoms with E-state index in [0.29, 0.717) is 18.1 Å². The molecule has 6 nitrogen and oxygen atoms in total. The van der Waals surface area contributed by atoms with E-state index in [2.05, 4.69) is 15.5 Å². The Kier molecular flexibility index (Phi) is 3.16. The lowest BCUT2D eigenvalue weighted by molar-refractivity contribution is 0.194. The van der Waals surface area contributed by atoms with Crippen LogP contribution in [-0.2, 0) is 6.42 Å². The topological polar surface area (TPSA) is 88.2 Å². The molecule has 84 valence electrons. The molecule has 2 rings (SSSR count). The molecule has 0 unspecified atom stereocenters. The minimum absolute atomic E-state index is 0.265. The Balaban J connectivity index is 1.95. The van der Waals surface area contributed by atoms with Crippen molar-refractivity contribution in [1.82, 2.24) is 15.5 Å². The average Bonchev–Trinajstić information content (AvgIpc) is 2.85. The Bertz CT molecular complexity index is 466. The molecular formula is C9H9N3O3S. The second-order valence-corrected chi connectivity index (χ2v) is 3.92. The number of aromatic nitrogens is 2. The van der Waals surface area contributed by atoms with Gasteiger partial charge in [-0.25, -0.2) is 4.79 Å². The van der Waals surface area contributed by atoms with Gasteiger partial charge in [-0.2, -0.15) is 4.98 Å². The van der Waals surface area contributed by atoms with Crippen LogP contribution in [0.15, 0.2) is 22.0 Å². The van der Waals surface area contributed by atoms with Gasteiger partial charge in [-0.15, -0.1) is 11.3 Å². The molecule has 2 aromatic rings. The molecule has 0 bridgehead atoms. The molecule has 0 saturated carbocycles. The summed E-state index contributed by atoms with van der Waals surface area (Å²) >= 11 is 1.52. The number of amides is 1. The maximum Gasteiger partial charge on any atom is 0.404 e. The molecule has 7 heteroatoms. The van der Waals surface area contributed by atoms with E-state index in [1.54, 1.807) is 0 Å². The zero-order valence-corrected chi connectivity index (χ0v) is 9.03. The van der Waals surface area contributed by atoms with E-state index in [1.165, 1.54) is 11.3 Å². The van der Waals surface area contributed by atoms with E-state index in [1.807, 2.05) is 17.5 Å². The second kappa shape index (κ2) is 4.75. The third kappa shape index (κ3) is 2.57. The number of rotatable bonds is 4. The van der Waals surface area contributed by atoms with E-state index in [4.69, 9.17) is 9.63 Å². The molecule has 1 amide bonds. The van der Waals surface area contributed by atoms with Gasteiger partial charge in [-0.1, -0.05) is 11.2 Å². The van der Waals surface area contributed by atoms with Gasteiger partial charge < -0.3 is 14.9 Å². The first-order chi connectivity index (χ1) is 7.75. The number of hydrogen-bond donors (Lipinski definition) is 2. The average molecular weight is 239 g/mol. The van der Waals surface area contributed by atoms with Crippen molar-refractivity contribution in [3.8, 4) is 10.7 Å². The fourth-order valence-corrected chi connectivity index (χ4v) is 1.79. The maximum atomic E-state index is 10.2. The predicted octanol–water partition coefficient (Wildman–Crippen LogP) is 1.61. The van der Waals surface area contributed by atoms with Gasteiger partial charge in [0, 0.05) is 13.0 Å². The van der Waals surface area contributed by atoms with Gasteiger partial charge in [-0.05, 0) is 11.4 Å². The van der Waals surface area contributed by atoms with Gasteiger partial charge in [0.05, 0.1) is 4.88 Å². The summed E-state index contributed by atoms with van der Waals surface area (Å²) in [5, 5.41) is 16.3. The molecule has 2 heterocycles. The van der Waals surface area contributed by atoms with Gasteiger partial charge in [0.25, 0.3) is 0 Å². The third-order valence-electron chi connectivity index (χ3n) is 1.82. The summed E-state index contributed by atoms with van der Waals surface area (Å²) in [4.78, 5) is 15.3. The zero-order chi connectivity index (χ0) is 11.4. The first-order valence-electron chi connectivity index (χ1n) is 4.59. The number of thiophene rings is 1. The molecule has 0 fully saturated rings. The van der Waals surface area contributed by atoms with E-state index >= 15 is 0 Å². The van der Waals surface area contributed by atoms with Crippen LogP contribution >= 0.6 is 11.3 Å². The van der Waals surface area contributed by atoms with Crippen molar-refractivity contribution in [1.29, 1.82) is 0 Å². The summed E-state index contributed by atoms with van der Waals surface area (Å²) in [7, 11) is 0. The summed E-state index contributed by atoms with van der Waals surface area (Å²) in [6.45, 7) is 0.265. The molecule has 0 aliphatic heterocycles. The quantitative estimate of drug-likeness (QED) is 0.846. The zero-order valence-electron chi connectivity index (χ0n) is 8.21. The van der Waals surface area contributed by atoms with Crippen molar-refractivity contribution in [2.24, 2.45) is 0 Å². The predicted molar refractivity (Wildman–Crippen MR) is 57.3 cm³/mol. The molecule has 0 atom stereocenters. The Labute approximate surface area is 94.9 Å². The van der Waals surface area contributed by atoms with Gasteiger partial charge in [0.2, 0.25) is 11.7 Å². The Hall–Kier alpha value is -1.89. The lowest BCUT2D eigenvalue weighted by Crippen LogP contribution is -2.23. The van der Waals surface area contributed by atoms with Crippen molar-refractivity contribution in [3.63, 3.8) is 0 Å². The van der Waals surface area contributed by atoms with Crippen LogP contribution in [0.1, 0.15) is 5.89 Å². The van der Waals surface area contributed by atoms with Crippen molar-refractivity contribution in [3.05, 3.63) is 23.4 Å². The summed E-state index contributed by atoms with van der Waals surface area (Å²) in [6, 6.07) is 3.80. The standard InChI is InChI=1S/C9H9N3O3S/c13-9(14)10-4-3-7-11-8(12-15-7)6-2-1-5-16-6/h1-2,5,10H,3-4H2,(H,13,14). The number of nitrogens with zero attached hydrogens (tertiary/aromatic N) is 2. The summed E-state index contributed by atoms with van der Waals surface area (Å²) in [5.41, 5.74) is 0. The molecule has 0 aromatic carbocycles. The minimum Gasteiger partial charge on any atom is -0.465 e.